The van der Waals surface area contributed by atoms with E-state index in [1.165, 1.54) is 5.56 Å². The normalized spacial score (nSPS) is 15.5. The van der Waals surface area contributed by atoms with E-state index in [4.69, 9.17) is 16.3 Å². The van der Waals surface area contributed by atoms with E-state index in [1.54, 1.807) is 17.7 Å². The lowest BCUT2D eigenvalue weighted by Crippen LogP contribution is -2.46. The smallest absolute Gasteiger partial charge is 0.251 e. The van der Waals surface area contributed by atoms with Gasteiger partial charge in [-0.15, -0.1) is 0 Å². The van der Waals surface area contributed by atoms with Gasteiger partial charge in [0.1, 0.15) is 5.75 Å². The van der Waals surface area contributed by atoms with Crippen molar-refractivity contribution in [2.75, 3.05) is 39.3 Å². The van der Waals surface area contributed by atoms with Crippen molar-refractivity contribution in [2.45, 2.75) is 19.9 Å². The van der Waals surface area contributed by atoms with Crippen LogP contribution in [0.4, 0.5) is 0 Å². The van der Waals surface area contributed by atoms with E-state index in [1.807, 2.05) is 37.3 Å². The number of aromatic nitrogens is 1. The Hall–Kier alpha value is -2.34. The summed E-state index contributed by atoms with van der Waals surface area (Å²) < 4.78 is 7.67. The molecule has 0 unspecified atom stereocenters. The highest BCUT2D eigenvalue weighted by molar-refractivity contribution is 6.30. The van der Waals surface area contributed by atoms with E-state index < -0.39 is 0 Å². The minimum atomic E-state index is 0.0114. The predicted molar refractivity (Wildman–Crippen MR) is 127 cm³/mol. The van der Waals surface area contributed by atoms with Gasteiger partial charge in [-0.05, 0) is 48.7 Å². The van der Waals surface area contributed by atoms with Crippen molar-refractivity contribution < 1.29 is 4.74 Å². The third kappa shape index (κ3) is 5.48. The fourth-order valence-electron chi connectivity index (χ4n) is 4.19. The van der Waals surface area contributed by atoms with E-state index in [0.29, 0.717) is 6.61 Å². The van der Waals surface area contributed by atoms with Gasteiger partial charge in [0.2, 0.25) is 0 Å². The maximum atomic E-state index is 12.0. The molecule has 0 spiro atoms. The average Bonchev–Trinajstić information content (AvgIpc) is 2.78. The predicted octanol–water partition coefficient (Wildman–Crippen LogP) is 4.09. The summed E-state index contributed by atoms with van der Waals surface area (Å²) in [7, 11) is 1.81. The number of nitrogens with zero attached hydrogens (tertiary/aromatic N) is 3. The summed E-state index contributed by atoms with van der Waals surface area (Å²) in [5.41, 5.74) is 3.24. The van der Waals surface area contributed by atoms with Crippen LogP contribution in [-0.4, -0.2) is 53.7 Å². The van der Waals surface area contributed by atoms with E-state index in [0.717, 1.165) is 72.9 Å². The number of ether oxygens (including phenoxy) is 1. The number of rotatable bonds is 7. The molecule has 3 aromatic rings. The Bertz CT molecular complexity index is 1090. The first kappa shape index (κ1) is 21.9. The van der Waals surface area contributed by atoms with Crippen LogP contribution < -0.4 is 10.3 Å². The number of hydrogen-bond donors (Lipinski definition) is 0. The molecule has 0 amide bonds. The lowest BCUT2D eigenvalue weighted by molar-refractivity contribution is 0.121. The van der Waals surface area contributed by atoms with Crippen LogP contribution in [0.15, 0.2) is 53.3 Å². The Balaban J connectivity index is 1.21. The molecule has 164 valence electrons. The molecule has 0 N–H and O–H groups in total. The molecule has 0 atom stereocenters. The second kappa shape index (κ2) is 9.86. The topological polar surface area (TPSA) is 37.7 Å². The number of hydrogen-bond acceptors (Lipinski definition) is 4. The van der Waals surface area contributed by atoms with Gasteiger partial charge in [0.25, 0.3) is 5.56 Å². The molecular weight excluding hydrogens is 410 g/mol. The second-order valence-corrected chi connectivity index (χ2v) is 8.79. The van der Waals surface area contributed by atoms with E-state index in [-0.39, 0.29) is 5.56 Å². The molecule has 1 fully saturated rings. The molecule has 6 heteroatoms. The largest absolute Gasteiger partial charge is 0.493 e. The molecule has 1 aliphatic rings. The van der Waals surface area contributed by atoms with Crippen molar-refractivity contribution in [1.29, 1.82) is 0 Å². The molecule has 2 heterocycles. The fourth-order valence-corrected chi connectivity index (χ4v) is 4.31. The lowest BCUT2D eigenvalue weighted by atomic mass is 10.1. The third-order valence-electron chi connectivity index (χ3n) is 6.10. The van der Waals surface area contributed by atoms with Gasteiger partial charge in [-0.25, -0.2) is 0 Å². The SMILES string of the molecule is Cc1cc(=O)n(C)c2cc(OCCCN3CCN(Cc4ccc(Cl)cc4)CC3)ccc12. The molecule has 0 aliphatic carbocycles. The zero-order valence-electron chi connectivity index (χ0n) is 18.3. The van der Waals surface area contributed by atoms with Gasteiger partial charge in [0.05, 0.1) is 12.1 Å². The van der Waals surface area contributed by atoms with Crippen LogP contribution in [0, 0.1) is 6.92 Å². The lowest BCUT2D eigenvalue weighted by Gasteiger charge is -2.34. The van der Waals surface area contributed by atoms with Gasteiger partial charge in [-0.3, -0.25) is 9.69 Å². The van der Waals surface area contributed by atoms with Crippen LogP contribution in [0.25, 0.3) is 10.9 Å². The van der Waals surface area contributed by atoms with E-state index in [9.17, 15) is 4.79 Å². The number of halogens is 1. The first-order chi connectivity index (χ1) is 15.0. The number of benzene rings is 2. The van der Waals surface area contributed by atoms with Crippen LogP contribution in [-0.2, 0) is 13.6 Å². The highest BCUT2D eigenvalue weighted by Crippen LogP contribution is 2.22. The van der Waals surface area contributed by atoms with Crippen LogP contribution in [0.3, 0.4) is 0 Å². The van der Waals surface area contributed by atoms with Crippen molar-refractivity contribution in [2.24, 2.45) is 7.05 Å². The van der Waals surface area contributed by atoms with Crippen LogP contribution in [0.1, 0.15) is 17.5 Å². The Kier molecular flexibility index (Phi) is 6.96. The maximum Gasteiger partial charge on any atom is 0.251 e. The summed E-state index contributed by atoms with van der Waals surface area (Å²) in [6.45, 7) is 9.02. The highest BCUT2D eigenvalue weighted by atomic mass is 35.5. The number of piperazine rings is 1. The number of aryl methyl sites for hydroxylation is 2. The van der Waals surface area contributed by atoms with Crippen molar-refractivity contribution in [3.05, 3.63) is 75.0 Å². The Morgan fingerprint density at radius 1 is 0.968 bits per heavy atom. The van der Waals surface area contributed by atoms with Gasteiger partial charge in [0.15, 0.2) is 0 Å². The second-order valence-electron chi connectivity index (χ2n) is 8.35. The van der Waals surface area contributed by atoms with Gasteiger partial charge in [-0.2, -0.15) is 0 Å². The van der Waals surface area contributed by atoms with Crippen molar-refractivity contribution >= 4 is 22.5 Å². The zero-order chi connectivity index (χ0) is 21.8. The van der Waals surface area contributed by atoms with E-state index in [2.05, 4.69) is 21.9 Å². The Morgan fingerprint density at radius 3 is 2.42 bits per heavy atom. The summed E-state index contributed by atoms with van der Waals surface area (Å²) in [5, 5.41) is 1.88. The summed E-state index contributed by atoms with van der Waals surface area (Å²) in [6.07, 6.45) is 0.988. The monoisotopic (exact) mass is 439 g/mol. The molecule has 0 bridgehead atoms. The van der Waals surface area contributed by atoms with Gasteiger partial charge in [0, 0.05) is 68.9 Å². The average molecular weight is 440 g/mol. The molecule has 0 saturated carbocycles. The van der Waals surface area contributed by atoms with Crippen LogP contribution >= 0.6 is 11.6 Å². The van der Waals surface area contributed by atoms with Crippen LogP contribution in [0.2, 0.25) is 5.02 Å². The Morgan fingerprint density at radius 2 is 1.68 bits per heavy atom. The molecular formula is C25H30ClN3O2. The van der Waals surface area contributed by atoms with Gasteiger partial charge >= 0.3 is 0 Å². The maximum absolute atomic E-state index is 12.0. The summed E-state index contributed by atoms with van der Waals surface area (Å²) >= 11 is 5.97. The Labute approximate surface area is 188 Å². The quantitative estimate of drug-likeness (QED) is 0.520. The summed E-state index contributed by atoms with van der Waals surface area (Å²) in [5.74, 6) is 0.820. The standard InChI is InChI=1S/C25H30ClN3O2/c1-19-16-25(30)27(2)24-17-22(8-9-23(19)24)31-15-3-10-28-11-13-29(14-12-28)18-20-4-6-21(26)7-5-20/h4-9,16-17H,3,10-15,18H2,1-2H3. The first-order valence-electron chi connectivity index (χ1n) is 10.9. The minimum absolute atomic E-state index is 0.0114. The van der Waals surface area contributed by atoms with Crippen molar-refractivity contribution in [1.82, 2.24) is 14.4 Å². The molecule has 31 heavy (non-hydrogen) atoms. The molecule has 1 saturated heterocycles. The van der Waals surface area contributed by atoms with Gasteiger partial charge in [-0.1, -0.05) is 23.7 Å². The number of pyridine rings is 1. The van der Waals surface area contributed by atoms with E-state index >= 15 is 0 Å². The fraction of sp³-hybridized carbons (Fsp3) is 0.400. The first-order valence-corrected chi connectivity index (χ1v) is 11.3. The summed E-state index contributed by atoms with van der Waals surface area (Å²) in [6, 6.07) is 15.8. The van der Waals surface area contributed by atoms with Crippen molar-refractivity contribution in [3.63, 3.8) is 0 Å². The third-order valence-corrected chi connectivity index (χ3v) is 6.35. The zero-order valence-corrected chi connectivity index (χ0v) is 19.1. The van der Waals surface area contributed by atoms with Crippen LogP contribution in [0.5, 0.6) is 5.75 Å². The van der Waals surface area contributed by atoms with Gasteiger partial charge < -0.3 is 14.2 Å². The molecule has 0 radical (unpaired) electrons. The molecule has 1 aliphatic heterocycles. The molecule has 2 aromatic carbocycles. The minimum Gasteiger partial charge on any atom is -0.493 e. The summed E-state index contributed by atoms with van der Waals surface area (Å²) in [4.78, 5) is 17.1. The molecule has 5 nitrogen and oxygen atoms in total. The number of fused-ring (bicyclic) bond motifs is 1. The molecule has 1 aromatic heterocycles. The highest BCUT2D eigenvalue weighted by Gasteiger charge is 2.16. The van der Waals surface area contributed by atoms with Crippen molar-refractivity contribution in [3.8, 4) is 5.75 Å². The molecule has 4 rings (SSSR count).